The summed E-state index contributed by atoms with van der Waals surface area (Å²) in [6.07, 6.45) is 3.71. The number of ether oxygens (including phenoxy) is 2. The van der Waals surface area contributed by atoms with E-state index in [9.17, 15) is 0 Å². The monoisotopic (exact) mass is 304 g/mol. The third kappa shape index (κ3) is 3.39. The molecule has 122 valence electrons. The Morgan fingerprint density at radius 2 is 1.91 bits per heavy atom. The lowest BCUT2D eigenvalue weighted by Crippen LogP contribution is -2.41. The van der Waals surface area contributed by atoms with Gasteiger partial charge in [0.25, 0.3) is 0 Å². The molecule has 0 amide bonds. The third-order valence-electron chi connectivity index (χ3n) is 5.05. The quantitative estimate of drug-likeness (QED) is 0.926. The zero-order valence-electron chi connectivity index (χ0n) is 14.0. The third-order valence-corrected chi connectivity index (χ3v) is 5.05. The lowest BCUT2D eigenvalue weighted by molar-refractivity contribution is 0.179. The molecule has 0 aromatic heterocycles. The van der Waals surface area contributed by atoms with E-state index in [1.54, 1.807) is 14.2 Å². The maximum atomic E-state index is 5.45. The number of rotatable bonds is 4. The number of hydrogen-bond donors (Lipinski definition) is 1. The van der Waals surface area contributed by atoms with Crippen LogP contribution >= 0.6 is 0 Å². The molecule has 2 aliphatic heterocycles. The number of hydrogen-bond acceptors (Lipinski definition) is 4. The summed E-state index contributed by atoms with van der Waals surface area (Å²) in [7, 11) is 3.42. The fourth-order valence-electron chi connectivity index (χ4n) is 3.86. The molecular formula is C18H28N2O2. The molecule has 2 unspecified atom stereocenters. The minimum absolute atomic E-state index is 0.667. The Hall–Kier alpha value is -1.26. The standard InChI is InChI=1S/C18H28N2O2/c1-13-8-14(4-6-19-13)11-20-7-5-15-9-17(21-2)18(22-3)10-16(15)12-20/h9-10,13-14,19H,4-8,11-12H2,1-3H3. The fourth-order valence-corrected chi connectivity index (χ4v) is 3.86. The van der Waals surface area contributed by atoms with Gasteiger partial charge in [-0.25, -0.2) is 0 Å². The zero-order valence-corrected chi connectivity index (χ0v) is 14.0. The van der Waals surface area contributed by atoms with E-state index in [0.29, 0.717) is 6.04 Å². The smallest absolute Gasteiger partial charge is 0.161 e. The summed E-state index contributed by atoms with van der Waals surface area (Å²) in [4.78, 5) is 2.61. The van der Waals surface area contributed by atoms with Gasteiger partial charge >= 0.3 is 0 Å². The molecule has 3 rings (SSSR count). The van der Waals surface area contributed by atoms with Crippen molar-refractivity contribution in [2.24, 2.45) is 5.92 Å². The van der Waals surface area contributed by atoms with Gasteiger partial charge in [0.2, 0.25) is 0 Å². The Kier molecular flexibility index (Phi) is 4.89. The molecule has 0 radical (unpaired) electrons. The average Bonchev–Trinajstić information content (AvgIpc) is 2.53. The molecule has 1 saturated heterocycles. The summed E-state index contributed by atoms with van der Waals surface area (Å²) in [5, 5.41) is 3.54. The van der Waals surface area contributed by atoms with Gasteiger partial charge in [0.15, 0.2) is 11.5 Å². The highest BCUT2D eigenvalue weighted by Gasteiger charge is 2.24. The van der Waals surface area contributed by atoms with Gasteiger partial charge in [-0.3, -0.25) is 4.90 Å². The number of nitrogens with one attached hydrogen (secondary N) is 1. The van der Waals surface area contributed by atoms with Crippen LogP contribution in [0, 0.1) is 5.92 Å². The van der Waals surface area contributed by atoms with Crippen molar-refractivity contribution in [3.8, 4) is 11.5 Å². The van der Waals surface area contributed by atoms with Crippen molar-refractivity contribution in [3.63, 3.8) is 0 Å². The first kappa shape index (κ1) is 15.6. The summed E-state index contributed by atoms with van der Waals surface area (Å²) >= 11 is 0. The van der Waals surface area contributed by atoms with E-state index in [-0.39, 0.29) is 0 Å². The second kappa shape index (κ2) is 6.88. The topological polar surface area (TPSA) is 33.7 Å². The Morgan fingerprint density at radius 3 is 2.59 bits per heavy atom. The first-order chi connectivity index (χ1) is 10.7. The van der Waals surface area contributed by atoms with Crippen molar-refractivity contribution in [1.29, 1.82) is 0 Å². The van der Waals surface area contributed by atoms with Crippen LogP contribution in [0.15, 0.2) is 12.1 Å². The highest BCUT2D eigenvalue weighted by atomic mass is 16.5. The lowest BCUT2D eigenvalue weighted by atomic mass is 9.91. The molecule has 4 heteroatoms. The van der Waals surface area contributed by atoms with Gasteiger partial charge in [-0.2, -0.15) is 0 Å². The van der Waals surface area contributed by atoms with Gasteiger partial charge in [-0.1, -0.05) is 0 Å². The largest absolute Gasteiger partial charge is 0.493 e. The van der Waals surface area contributed by atoms with Crippen LogP contribution in [0.25, 0.3) is 0 Å². The predicted octanol–water partition coefficient (Wildman–Crippen LogP) is 2.45. The summed E-state index contributed by atoms with van der Waals surface area (Å²) in [6.45, 7) is 6.88. The predicted molar refractivity (Wildman–Crippen MR) is 88.7 cm³/mol. The van der Waals surface area contributed by atoms with Crippen LogP contribution in [0.4, 0.5) is 0 Å². The van der Waals surface area contributed by atoms with Gasteiger partial charge < -0.3 is 14.8 Å². The molecule has 0 saturated carbocycles. The SMILES string of the molecule is COc1cc2c(cc1OC)CN(CC1CCNC(C)C1)CC2. The summed E-state index contributed by atoms with van der Waals surface area (Å²) < 4.78 is 10.9. The van der Waals surface area contributed by atoms with Crippen molar-refractivity contribution in [3.05, 3.63) is 23.3 Å². The molecule has 2 aliphatic rings. The van der Waals surface area contributed by atoms with E-state index < -0.39 is 0 Å². The van der Waals surface area contributed by atoms with Crippen molar-refractivity contribution in [1.82, 2.24) is 10.2 Å². The molecule has 1 aromatic rings. The molecule has 2 heterocycles. The lowest BCUT2D eigenvalue weighted by Gasteiger charge is -2.35. The molecule has 22 heavy (non-hydrogen) atoms. The number of fused-ring (bicyclic) bond motifs is 1. The fraction of sp³-hybridized carbons (Fsp3) is 0.667. The number of nitrogens with zero attached hydrogens (tertiary/aromatic N) is 1. The highest BCUT2D eigenvalue weighted by molar-refractivity contribution is 5.48. The van der Waals surface area contributed by atoms with Crippen molar-refractivity contribution < 1.29 is 9.47 Å². The molecule has 0 aliphatic carbocycles. The molecule has 1 N–H and O–H groups in total. The Labute approximate surface area is 133 Å². The van der Waals surface area contributed by atoms with E-state index in [0.717, 1.165) is 36.9 Å². The van der Waals surface area contributed by atoms with E-state index in [4.69, 9.17) is 9.47 Å². The highest BCUT2D eigenvalue weighted by Crippen LogP contribution is 2.33. The van der Waals surface area contributed by atoms with Crippen LogP contribution < -0.4 is 14.8 Å². The number of piperidine rings is 1. The minimum atomic E-state index is 0.667. The molecule has 2 atom stereocenters. The number of methoxy groups -OCH3 is 2. The van der Waals surface area contributed by atoms with Crippen LogP contribution in [0.5, 0.6) is 11.5 Å². The van der Waals surface area contributed by atoms with E-state index in [1.165, 1.54) is 37.1 Å². The van der Waals surface area contributed by atoms with Crippen LogP contribution in [0.3, 0.4) is 0 Å². The first-order valence-corrected chi connectivity index (χ1v) is 8.39. The molecule has 0 bridgehead atoms. The second-order valence-corrected chi connectivity index (χ2v) is 6.71. The van der Waals surface area contributed by atoms with Crippen molar-refractivity contribution >= 4 is 0 Å². The van der Waals surface area contributed by atoms with Gasteiger partial charge in [0.1, 0.15) is 0 Å². The van der Waals surface area contributed by atoms with E-state index in [2.05, 4.69) is 29.3 Å². The molecule has 4 nitrogen and oxygen atoms in total. The van der Waals surface area contributed by atoms with Crippen molar-refractivity contribution in [2.75, 3.05) is 33.9 Å². The Balaban J connectivity index is 1.68. The summed E-state index contributed by atoms with van der Waals surface area (Å²) in [6, 6.07) is 4.98. The number of benzene rings is 1. The van der Waals surface area contributed by atoms with Gasteiger partial charge in [0, 0.05) is 25.7 Å². The van der Waals surface area contributed by atoms with Gasteiger partial charge in [0.05, 0.1) is 14.2 Å². The first-order valence-electron chi connectivity index (χ1n) is 8.39. The zero-order chi connectivity index (χ0) is 15.5. The molecule has 1 fully saturated rings. The minimum Gasteiger partial charge on any atom is -0.493 e. The van der Waals surface area contributed by atoms with Crippen molar-refractivity contribution in [2.45, 2.75) is 38.8 Å². The van der Waals surface area contributed by atoms with Crippen LogP contribution in [-0.2, 0) is 13.0 Å². The molecule has 1 aromatic carbocycles. The second-order valence-electron chi connectivity index (χ2n) is 6.71. The maximum Gasteiger partial charge on any atom is 0.161 e. The molecular weight excluding hydrogens is 276 g/mol. The van der Waals surface area contributed by atoms with Crippen LogP contribution in [-0.4, -0.2) is 44.8 Å². The maximum absolute atomic E-state index is 5.45. The van der Waals surface area contributed by atoms with Crippen LogP contribution in [0.2, 0.25) is 0 Å². The average molecular weight is 304 g/mol. The normalized spacial score (nSPS) is 25.6. The van der Waals surface area contributed by atoms with Gasteiger partial charge in [-0.05, 0) is 61.9 Å². The van der Waals surface area contributed by atoms with Crippen LogP contribution in [0.1, 0.15) is 30.9 Å². The summed E-state index contributed by atoms with van der Waals surface area (Å²) in [5.74, 6) is 2.53. The van der Waals surface area contributed by atoms with E-state index in [1.807, 2.05) is 0 Å². The van der Waals surface area contributed by atoms with E-state index >= 15 is 0 Å². The Morgan fingerprint density at radius 1 is 1.18 bits per heavy atom. The van der Waals surface area contributed by atoms with Gasteiger partial charge in [-0.15, -0.1) is 0 Å². The Bertz CT molecular complexity index is 518. The summed E-state index contributed by atoms with van der Waals surface area (Å²) in [5.41, 5.74) is 2.80. The molecule has 0 spiro atoms.